The number of hydrogen-bond acceptors (Lipinski definition) is 4. The average molecular weight is 292 g/mol. The molecule has 0 amide bonds. The lowest BCUT2D eigenvalue weighted by atomic mass is 10.2. The number of nitrogens with zero attached hydrogens (tertiary/aromatic N) is 3. The molecule has 1 saturated carbocycles. The Kier molecular flexibility index (Phi) is 3.39. The first-order valence-corrected chi connectivity index (χ1v) is 6.27. The molecule has 0 bridgehead atoms. The van der Waals surface area contributed by atoms with E-state index >= 15 is 0 Å². The molecule has 0 unspecified atom stereocenters. The van der Waals surface area contributed by atoms with E-state index in [1.54, 1.807) is 0 Å². The van der Waals surface area contributed by atoms with Crippen LogP contribution in [0.2, 0.25) is 0 Å². The molecule has 112 valence electrons. The summed E-state index contributed by atoms with van der Waals surface area (Å²) in [5, 5.41) is 17.4. The number of halogens is 3. The highest BCUT2D eigenvalue weighted by molar-refractivity contribution is 5.62. The first-order valence-electron chi connectivity index (χ1n) is 6.27. The van der Waals surface area contributed by atoms with Gasteiger partial charge in [0.2, 0.25) is 5.82 Å². The van der Waals surface area contributed by atoms with Gasteiger partial charge < -0.3 is 5.32 Å². The number of aromatic nitrogens is 2. The van der Waals surface area contributed by atoms with Crippen LogP contribution >= 0.6 is 0 Å². The summed E-state index contributed by atoms with van der Waals surface area (Å²) in [5.41, 5.74) is -2.19. The van der Waals surface area contributed by atoms with E-state index in [0.29, 0.717) is 12.8 Å². The van der Waals surface area contributed by atoms with Crippen LogP contribution in [0.25, 0.3) is 0 Å². The third-order valence-corrected chi connectivity index (χ3v) is 3.41. The summed E-state index contributed by atoms with van der Waals surface area (Å²) in [6, 6.07) is 0. The average Bonchev–Trinajstić information content (AvgIpc) is 3.01. The number of nitrogens with one attached hydrogen (secondary N) is 1. The second-order valence-corrected chi connectivity index (χ2v) is 4.98. The second kappa shape index (κ2) is 4.64. The Morgan fingerprint density at radius 3 is 2.50 bits per heavy atom. The monoisotopic (exact) mass is 292 g/mol. The van der Waals surface area contributed by atoms with Crippen molar-refractivity contribution in [1.29, 1.82) is 0 Å². The fourth-order valence-electron chi connectivity index (χ4n) is 2.14. The van der Waals surface area contributed by atoms with Crippen LogP contribution in [0.15, 0.2) is 0 Å². The standard InChI is InChI=1S/C11H15F3N4O2/c1-3-4-7-8(18(19)20)9(17(2)16-7)15-10(5-6-10)11(12,13)14/h15H,3-6H2,1-2H3. The van der Waals surface area contributed by atoms with E-state index < -0.39 is 16.6 Å². The second-order valence-electron chi connectivity index (χ2n) is 4.98. The van der Waals surface area contributed by atoms with Crippen molar-refractivity contribution in [2.45, 2.75) is 44.3 Å². The third-order valence-electron chi connectivity index (χ3n) is 3.41. The molecule has 1 heterocycles. The predicted octanol–water partition coefficient (Wildman–Crippen LogP) is 2.79. The van der Waals surface area contributed by atoms with Gasteiger partial charge in [-0.15, -0.1) is 0 Å². The van der Waals surface area contributed by atoms with E-state index in [0.717, 1.165) is 4.68 Å². The molecule has 1 N–H and O–H groups in total. The highest BCUT2D eigenvalue weighted by Gasteiger charge is 2.64. The van der Waals surface area contributed by atoms with E-state index in [-0.39, 0.29) is 30.0 Å². The van der Waals surface area contributed by atoms with Gasteiger partial charge in [-0.05, 0) is 19.3 Å². The van der Waals surface area contributed by atoms with Crippen molar-refractivity contribution >= 4 is 11.5 Å². The van der Waals surface area contributed by atoms with Crippen LogP contribution in [0.1, 0.15) is 31.9 Å². The molecular weight excluding hydrogens is 277 g/mol. The largest absolute Gasteiger partial charge is 0.411 e. The summed E-state index contributed by atoms with van der Waals surface area (Å²) in [6.45, 7) is 1.82. The van der Waals surface area contributed by atoms with Crippen LogP contribution in [0, 0.1) is 10.1 Å². The molecule has 1 aromatic rings. The minimum Gasteiger partial charge on any atom is -0.351 e. The molecule has 2 rings (SSSR count). The van der Waals surface area contributed by atoms with Crippen LogP contribution in [0.3, 0.4) is 0 Å². The molecule has 0 spiro atoms. The van der Waals surface area contributed by atoms with Gasteiger partial charge in [0.05, 0.1) is 4.92 Å². The summed E-state index contributed by atoms with van der Waals surface area (Å²) >= 11 is 0. The van der Waals surface area contributed by atoms with Gasteiger partial charge in [-0.3, -0.25) is 10.1 Å². The Balaban J connectivity index is 2.39. The first-order chi connectivity index (χ1) is 9.22. The highest BCUT2D eigenvalue weighted by atomic mass is 19.4. The lowest BCUT2D eigenvalue weighted by molar-refractivity contribution is -0.384. The normalized spacial score (nSPS) is 17.1. The molecule has 1 aliphatic rings. The van der Waals surface area contributed by atoms with Crippen LogP contribution in [-0.4, -0.2) is 26.4 Å². The van der Waals surface area contributed by atoms with Gasteiger partial charge in [0.25, 0.3) is 0 Å². The molecular formula is C11H15F3N4O2. The van der Waals surface area contributed by atoms with Crippen LogP contribution in [-0.2, 0) is 13.5 Å². The number of aryl methyl sites for hydroxylation is 2. The Labute approximate surface area is 113 Å². The van der Waals surface area contributed by atoms with Crippen molar-refractivity contribution in [2.75, 3.05) is 5.32 Å². The van der Waals surface area contributed by atoms with Gasteiger partial charge >= 0.3 is 11.9 Å². The number of anilines is 1. The van der Waals surface area contributed by atoms with E-state index in [2.05, 4.69) is 10.4 Å². The molecule has 1 aromatic heterocycles. The molecule has 0 atom stereocenters. The molecule has 9 heteroatoms. The maximum atomic E-state index is 12.9. The Morgan fingerprint density at radius 2 is 2.10 bits per heavy atom. The zero-order chi connectivity index (χ0) is 15.1. The fraction of sp³-hybridized carbons (Fsp3) is 0.727. The van der Waals surface area contributed by atoms with Gasteiger partial charge in [0.15, 0.2) is 0 Å². The smallest absolute Gasteiger partial charge is 0.351 e. The van der Waals surface area contributed by atoms with Crippen molar-refractivity contribution in [3.05, 3.63) is 15.8 Å². The molecule has 1 fully saturated rings. The van der Waals surface area contributed by atoms with E-state index in [1.807, 2.05) is 6.92 Å². The maximum Gasteiger partial charge on any atom is 0.411 e. The van der Waals surface area contributed by atoms with Crippen LogP contribution in [0.5, 0.6) is 0 Å². The fourth-order valence-corrected chi connectivity index (χ4v) is 2.14. The van der Waals surface area contributed by atoms with E-state index in [9.17, 15) is 23.3 Å². The topological polar surface area (TPSA) is 73.0 Å². The summed E-state index contributed by atoms with van der Waals surface area (Å²) in [7, 11) is 1.40. The van der Waals surface area contributed by atoms with Gasteiger partial charge in [-0.1, -0.05) is 13.3 Å². The van der Waals surface area contributed by atoms with Gasteiger partial charge in [-0.25, -0.2) is 4.68 Å². The Morgan fingerprint density at radius 1 is 1.50 bits per heavy atom. The van der Waals surface area contributed by atoms with Crippen molar-refractivity contribution < 1.29 is 18.1 Å². The Hall–Kier alpha value is -1.80. The molecule has 0 saturated heterocycles. The lowest BCUT2D eigenvalue weighted by Crippen LogP contribution is -2.39. The number of alkyl halides is 3. The number of nitro groups is 1. The minimum absolute atomic E-state index is 0.0814. The lowest BCUT2D eigenvalue weighted by Gasteiger charge is -2.21. The van der Waals surface area contributed by atoms with Crippen molar-refractivity contribution in [1.82, 2.24) is 9.78 Å². The number of hydrogen-bond donors (Lipinski definition) is 1. The summed E-state index contributed by atoms with van der Waals surface area (Å²) < 4.78 is 39.9. The summed E-state index contributed by atoms with van der Waals surface area (Å²) in [4.78, 5) is 10.4. The van der Waals surface area contributed by atoms with Gasteiger partial charge in [-0.2, -0.15) is 18.3 Å². The van der Waals surface area contributed by atoms with E-state index in [4.69, 9.17) is 0 Å². The molecule has 0 aromatic carbocycles. The molecule has 6 nitrogen and oxygen atoms in total. The van der Waals surface area contributed by atoms with Gasteiger partial charge in [0.1, 0.15) is 11.2 Å². The molecule has 20 heavy (non-hydrogen) atoms. The van der Waals surface area contributed by atoms with Crippen molar-refractivity contribution in [3.63, 3.8) is 0 Å². The Bertz CT molecular complexity index is 535. The third kappa shape index (κ3) is 2.32. The van der Waals surface area contributed by atoms with Crippen LogP contribution in [0.4, 0.5) is 24.7 Å². The number of rotatable bonds is 5. The van der Waals surface area contributed by atoms with Crippen LogP contribution < -0.4 is 5.32 Å². The molecule has 0 aliphatic heterocycles. The van der Waals surface area contributed by atoms with E-state index in [1.165, 1.54) is 7.05 Å². The SMILES string of the molecule is CCCc1nn(C)c(NC2(C(F)(F)F)CC2)c1[N+](=O)[O-]. The zero-order valence-corrected chi connectivity index (χ0v) is 11.1. The van der Waals surface area contributed by atoms with Crippen molar-refractivity contribution in [3.8, 4) is 0 Å². The highest BCUT2D eigenvalue weighted by Crippen LogP contribution is 2.52. The molecule has 1 aliphatic carbocycles. The molecule has 0 radical (unpaired) electrons. The first kappa shape index (κ1) is 14.6. The van der Waals surface area contributed by atoms with Crippen molar-refractivity contribution in [2.24, 2.45) is 7.05 Å². The zero-order valence-electron chi connectivity index (χ0n) is 11.1. The quantitative estimate of drug-likeness (QED) is 0.669. The predicted molar refractivity (Wildman–Crippen MR) is 65.5 cm³/mol. The maximum absolute atomic E-state index is 12.9. The summed E-state index contributed by atoms with van der Waals surface area (Å²) in [6.07, 6.45) is -3.62. The summed E-state index contributed by atoms with van der Waals surface area (Å²) in [5.74, 6) is -0.173. The van der Waals surface area contributed by atoms with Gasteiger partial charge in [0, 0.05) is 7.05 Å². The minimum atomic E-state index is -4.43.